The van der Waals surface area contributed by atoms with Gasteiger partial charge in [0.15, 0.2) is 5.75 Å². The van der Waals surface area contributed by atoms with Gasteiger partial charge in [0, 0.05) is 30.9 Å². The zero-order valence-corrected chi connectivity index (χ0v) is 25.7. The minimum absolute atomic E-state index is 0.00892. The number of methoxy groups -OCH3 is 1. The number of benzene rings is 3. The summed E-state index contributed by atoms with van der Waals surface area (Å²) in [7, 11) is 3.03. The maximum atomic E-state index is 13.7. The first-order valence-corrected chi connectivity index (χ1v) is 14.4. The normalized spacial score (nSPS) is 17.0. The van der Waals surface area contributed by atoms with Crippen molar-refractivity contribution in [2.45, 2.75) is 32.2 Å². The molecule has 3 aromatic rings. The van der Waals surface area contributed by atoms with Crippen LogP contribution in [0, 0.1) is 5.92 Å². The fraction of sp³-hybridized carbons (Fsp3) is 0.344. The number of alkyl halides is 3. The van der Waals surface area contributed by atoms with Crippen LogP contribution in [0.1, 0.15) is 29.8 Å². The SMILES string of the molecule is COc1ccc(NC(=O)Nc2cccc3c2O[C@@H](CN(C)C(=O)Nc2ccc(C(F)(F)F)cc2)[C@@H](C)CN([C@H](C)CO)C3=O)cc1. The summed E-state index contributed by atoms with van der Waals surface area (Å²) in [6, 6.07) is 13.7. The number of hydrogen-bond donors (Lipinski definition) is 4. The van der Waals surface area contributed by atoms with E-state index in [1.807, 2.05) is 6.92 Å². The number of carbonyl (C=O) groups excluding carboxylic acids is 3. The Kier molecular flexibility index (Phi) is 10.6. The molecule has 0 spiro atoms. The number of likely N-dealkylation sites (N-methyl/N-ethyl adjacent to an activating group) is 1. The van der Waals surface area contributed by atoms with Gasteiger partial charge in [0.2, 0.25) is 0 Å². The number of fused-ring (bicyclic) bond motifs is 1. The molecule has 14 heteroatoms. The Balaban J connectivity index is 1.58. The predicted molar refractivity (Wildman–Crippen MR) is 166 cm³/mol. The smallest absolute Gasteiger partial charge is 0.416 e. The summed E-state index contributed by atoms with van der Waals surface area (Å²) in [5, 5.41) is 17.9. The summed E-state index contributed by atoms with van der Waals surface area (Å²) in [4.78, 5) is 42.5. The second-order valence-electron chi connectivity index (χ2n) is 11.0. The van der Waals surface area contributed by atoms with Crippen molar-refractivity contribution < 1.29 is 42.1 Å². The Morgan fingerprint density at radius 2 is 1.67 bits per heavy atom. The molecule has 5 amide bonds. The van der Waals surface area contributed by atoms with Gasteiger partial charge >= 0.3 is 18.2 Å². The number of anilines is 3. The molecule has 0 saturated carbocycles. The Hall–Kier alpha value is -4.98. The Morgan fingerprint density at radius 3 is 2.28 bits per heavy atom. The van der Waals surface area contributed by atoms with E-state index in [0.29, 0.717) is 11.4 Å². The van der Waals surface area contributed by atoms with E-state index in [2.05, 4.69) is 16.0 Å². The lowest BCUT2D eigenvalue weighted by molar-refractivity contribution is -0.137. The Morgan fingerprint density at radius 1 is 1.04 bits per heavy atom. The van der Waals surface area contributed by atoms with Crippen molar-refractivity contribution in [1.29, 1.82) is 0 Å². The van der Waals surface area contributed by atoms with Gasteiger partial charge in [0.05, 0.1) is 43.1 Å². The van der Waals surface area contributed by atoms with E-state index in [0.717, 1.165) is 24.3 Å². The zero-order valence-electron chi connectivity index (χ0n) is 25.7. The molecule has 0 fully saturated rings. The quantitative estimate of drug-likeness (QED) is 0.248. The Labute approximate surface area is 264 Å². The number of halogens is 3. The highest BCUT2D eigenvalue weighted by Crippen LogP contribution is 2.35. The lowest BCUT2D eigenvalue weighted by Gasteiger charge is -2.38. The first-order chi connectivity index (χ1) is 21.8. The summed E-state index contributed by atoms with van der Waals surface area (Å²) in [5.41, 5.74) is 0.169. The van der Waals surface area contributed by atoms with Crippen LogP contribution in [-0.2, 0) is 6.18 Å². The number of aliphatic hydroxyl groups excluding tert-OH is 1. The molecule has 1 aliphatic heterocycles. The van der Waals surface area contributed by atoms with Gasteiger partial charge in [-0.25, -0.2) is 9.59 Å². The van der Waals surface area contributed by atoms with Crippen LogP contribution in [0.3, 0.4) is 0 Å². The standard InChI is InChI=1S/C32H36F3N5O6/c1-19-16-40(20(2)18-41)29(42)25-6-5-7-26(38-30(43)36-22-12-14-24(45-4)15-13-22)28(25)46-27(19)17-39(3)31(44)37-23-10-8-21(9-11-23)32(33,34)35/h5-15,19-20,27,41H,16-18H2,1-4H3,(H,37,44)(H2,36,38,43)/t19-,20+,27-/m0/s1. The summed E-state index contributed by atoms with van der Waals surface area (Å²) in [6.45, 7) is 3.43. The average molecular weight is 644 g/mol. The second-order valence-corrected chi connectivity index (χ2v) is 11.0. The molecular formula is C32H36F3N5O6. The van der Waals surface area contributed by atoms with Crippen molar-refractivity contribution in [3.63, 3.8) is 0 Å². The third-order valence-corrected chi connectivity index (χ3v) is 7.55. The summed E-state index contributed by atoms with van der Waals surface area (Å²) in [5.74, 6) is -0.0779. The molecule has 0 aliphatic carbocycles. The first kappa shape index (κ1) is 33.9. The van der Waals surface area contributed by atoms with Crippen LogP contribution >= 0.6 is 0 Å². The van der Waals surface area contributed by atoms with E-state index < -0.39 is 41.9 Å². The first-order valence-electron chi connectivity index (χ1n) is 14.4. The highest BCUT2D eigenvalue weighted by atomic mass is 19.4. The van der Waals surface area contributed by atoms with E-state index >= 15 is 0 Å². The molecule has 0 unspecified atom stereocenters. The van der Waals surface area contributed by atoms with Gasteiger partial charge in [-0.2, -0.15) is 13.2 Å². The van der Waals surface area contributed by atoms with Gasteiger partial charge in [0.1, 0.15) is 11.9 Å². The number of hydrogen-bond acceptors (Lipinski definition) is 6. The molecule has 46 heavy (non-hydrogen) atoms. The highest BCUT2D eigenvalue weighted by Gasteiger charge is 2.35. The van der Waals surface area contributed by atoms with Crippen LogP contribution in [0.15, 0.2) is 66.7 Å². The molecule has 0 radical (unpaired) electrons. The zero-order chi connectivity index (χ0) is 33.6. The molecule has 11 nitrogen and oxygen atoms in total. The summed E-state index contributed by atoms with van der Waals surface area (Å²) < 4.78 is 50.4. The molecule has 1 aliphatic rings. The van der Waals surface area contributed by atoms with E-state index in [-0.39, 0.29) is 48.3 Å². The van der Waals surface area contributed by atoms with E-state index in [1.165, 1.54) is 24.0 Å². The maximum Gasteiger partial charge on any atom is 0.416 e. The molecule has 4 rings (SSSR count). The van der Waals surface area contributed by atoms with Crippen LogP contribution in [0.4, 0.5) is 39.8 Å². The van der Waals surface area contributed by atoms with Crippen molar-refractivity contribution in [3.8, 4) is 11.5 Å². The minimum Gasteiger partial charge on any atom is -0.497 e. The topological polar surface area (TPSA) is 132 Å². The molecule has 4 N–H and O–H groups in total. The second kappa shape index (κ2) is 14.4. The number of para-hydroxylation sites is 1. The predicted octanol–water partition coefficient (Wildman–Crippen LogP) is 5.74. The third-order valence-electron chi connectivity index (χ3n) is 7.55. The number of amides is 5. The number of urea groups is 2. The minimum atomic E-state index is -4.51. The molecular weight excluding hydrogens is 607 g/mol. The molecule has 0 saturated heterocycles. The maximum absolute atomic E-state index is 13.7. The van der Waals surface area contributed by atoms with Crippen LogP contribution in [-0.4, -0.2) is 78.9 Å². The van der Waals surface area contributed by atoms with E-state index in [4.69, 9.17) is 9.47 Å². The third kappa shape index (κ3) is 8.18. The van der Waals surface area contributed by atoms with Gasteiger partial charge in [-0.1, -0.05) is 13.0 Å². The van der Waals surface area contributed by atoms with Crippen molar-refractivity contribution in [1.82, 2.24) is 9.80 Å². The Bertz CT molecular complexity index is 1530. The van der Waals surface area contributed by atoms with Gasteiger partial charge < -0.3 is 40.3 Å². The fourth-order valence-corrected chi connectivity index (χ4v) is 4.83. The largest absolute Gasteiger partial charge is 0.497 e. The van der Waals surface area contributed by atoms with Crippen molar-refractivity contribution in [2.75, 3.05) is 49.8 Å². The molecule has 1 heterocycles. The summed E-state index contributed by atoms with van der Waals surface area (Å²) >= 11 is 0. The van der Waals surface area contributed by atoms with Gasteiger partial charge in [-0.3, -0.25) is 4.79 Å². The van der Waals surface area contributed by atoms with Crippen molar-refractivity contribution in [3.05, 3.63) is 77.9 Å². The average Bonchev–Trinajstić information content (AvgIpc) is 3.02. The fourth-order valence-electron chi connectivity index (χ4n) is 4.83. The lowest BCUT2D eigenvalue weighted by atomic mass is 9.99. The molecule has 3 atom stereocenters. The number of aliphatic hydroxyl groups is 1. The van der Waals surface area contributed by atoms with Crippen LogP contribution in [0.2, 0.25) is 0 Å². The number of rotatable bonds is 8. The number of carbonyl (C=O) groups is 3. The number of nitrogens with one attached hydrogen (secondary N) is 3. The van der Waals surface area contributed by atoms with Crippen molar-refractivity contribution in [2.24, 2.45) is 5.92 Å². The number of ether oxygens (including phenoxy) is 2. The highest BCUT2D eigenvalue weighted by molar-refractivity contribution is 6.04. The van der Waals surface area contributed by atoms with Crippen LogP contribution in [0.25, 0.3) is 0 Å². The lowest BCUT2D eigenvalue weighted by Crippen LogP contribution is -2.50. The van der Waals surface area contributed by atoms with Gasteiger partial charge in [-0.05, 0) is 67.6 Å². The van der Waals surface area contributed by atoms with Crippen LogP contribution in [0.5, 0.6) is 11.5 Å². The molecule has 0 aromatic heterocycles. The van der Waals surface area contributed by atoms with E-state index in [1.54, 1.807) is 49.4 Å². The molecule has 3 aromatic carbocycles. The van der Waals surface area contributed by atoms with Gasteiger partial charge in [-0.15, -0.1) is 0 Å². The summed E-state index contributed by atoms with van der Waals surface area (Å²) in [6.07, 6.45) is -5.22. The van der Waals surface area contributed by atoms with Crippen molar-refractivity contribution >= 4 is 35.0 Å². The number of nitrogens with zero attached hydrogens (tertiary/aromatic N) is 2. The van der Waals surface area contributed by atoms with E-state index in [9.17, 15) is 32.7 Å². The monoisotopic (exact) mass is 643 g/mol. The molecule has 0 bridgehead atoms. The molecule has 246 valence electrons. The van der Waals surface area contributed by atoms with Crippen LogP contribution < -0.4 is 25.4 Å². The van der Waals surface area contributed by atoms with Gasteiger partial charge in [0.25, 0.3) is 5.91 Å².